The molecule has 1 amide bonds. The summed E-state index contributed by atoms with van der Waals surface area (Å²) < 4.78 is 10.5. The zero-order valence-electron chi connectivity index (χ0n) is 14.1. The average molecular weight is 339 g/mol. The third-order valence-electron chi connectivity index (χ3n) is 4.20. The van der Waals surface area contributed by atoms with Gasteiger partial charge in [-0.2, -0.15) is 0 Å². The van der Waals surface area contributed by atoms with Gasteiger partial charge in [-0.15, -0.1) is 0 Å². The van der Waals surface area contributed by atoms with Crippen molar-refractivity contribution in [3.63, 3.8) is 0 Å². The summed E-state index contributed by atoms with van der Waals surface area (Å²) in [6.07, 6.45) is -0.207. The zero-order valence-corrected chi connectivity index (χ0v) is 14.1. The largest absolute Gasteiger partial charge is 0.445 e. The first kappa shape index (κ1) is 17.2. The standard InChI is InChI=1S/C20H21NO4/c1-20(14-25-20)18(22)17(12-15-8-4-2-5-9-15)21-19(23)24-13-16-10-6-3-7-11-16/h2-11,17H,12-14H2,1H3,(H,21,23)/t17-,20+/m0/s1. The maximum atomic E-state index is 12.6. The molecule has 25 heavy (non-hydrogen) atoms. The number of epoxide rings is 1. The van der Waals surface area contributed by atoms with Crippen molar-refractivity contribution in [2.75, 3.05) is 6.61 Å². The van der Waals surface area contributed by atoms with Gasteiger partial charge in [0.1, 0.15) is 12.2 Å². The summed E-state index contributed by atoms with van der Waals surface area (Å²) in [4.78, 5) is 24.8. The van der Waals surface area contributed by atoms with Crippen molar-refractivity contribution in [1.82, 2.24) is 5.32 Å². The van der Waals surface area contributed by atoms with E-state index in [-0.39, 0.29) is 12.4 Å². The molecule has 130 valence electrons. The molecule has 2 aromatic carbocycles. The van der Waals surface area contributed by atoms with Crippen LogP contribution in [0.2, 0.25) is 0 Å². The number of nitrogens with one attached hydrogen (secondary N) is 1. The van der Waals surface area contributed by atoms with Crippen molar-refractivity contribution in [3.8, 4) is 0 Å². The van der Waals surface area contributed by atoms with E-state index in [4.69, 9.17) is 9.47 Å². The molecule has 0 radical (unpaired) electrons. The number of amides is 1. The van der Waals surface area contributed by atoms with Crippen molar-refractivity contribution in [2.24, 2.45) is 0 Å². The Hall–Kier alpha value is -2.66. The molecule has 1 aliphatic rings. The number of benzene rings is 2. The van der Waals surface area contributed by atoms with E-state index in [9.17, 15) is 9.59 Å². The minimum absolute atomic E-state index is 0.131. The fourth-order valence-corrected chi connectivity index (χ4v) is 2.59. The van der Waals surface area contributed by atoms with Gasteiger partial charge in [0.2, 0.25) is 0 Å². The monoisotopic (exact) mass is 339 g/mol. The van der Waals surface area contributed by atoms with Crippen LogP contribution in [0.1, 0.15) is 18.1 Å². The highest BCUT2D eigenvalue weighted by Crippen LogP contribution is 2.29. The first-order chi connectivity index (χ1) is 12.1. The van der Waals surface area contributed by atoms with E-state index < -0.39 is 17.7 Å². The van der Waals surface area contributed by atoms with Crippen LogP contribution in [0.5, 0.6) is 0 Å². The summed E-state index contributed by atoms with van der Waals surface area (Å²) >= 11 is 0. The Morgan fingerprint density at radius 1 is 1.08 bits per heavy atom. The highest BCUT2D eigenvalue weighted by Gasteiger charge is 2.50. The van der Waals surface area contributed by atoms with Crippen molar-refractivity contribution in [1.29, 1.82) is 0 Å². The molecule has 2 atom stereocenters. The van der Waals surface area contributed by atoms with Crippen molar-refractivity contribution >= 4 is 11.9 Å². The number of Topliss-reactive ketones (excluding diaryl/α,β-unsaturated/α-hetero) is 1. The fraction of sp³-hybridized carbons (Fsp3) is 0.300. The first-order valence-electron chi connectivity index (χ1n) is 8.26. The van der Waals surface area contributed by atoms with Crippen LogP contribution in [0.25, 0.3) is 0 Å². The summed E-state index contributed by atoms with van der Waals surface area (Å²) in [5, 5.41) is 2.69. The quantitative estimate of drug-likeness (QED) is 0.788. The van der Waals surface area contributed by atoms with Gasteiger partial charge in [0.15, 0.2) is 5.78 Å². The summed E-state index contributed by atoms with van der Waals surface area (Å²) in [7, 11) is 0. The second kappa shape index (κ2) is 7.49. The summed E-state index contributed by atoms with van der Waals surface area (Å²) in [5.74, 6) is -0.131. The predicted molar refractivity (Wildman–Crippen MR) is 93.1 cm³/mol. The lowest BCUT2D eigenvalue weighted by molar-refractivity contribution is -0.125. The predicted octanol–water partition coefficient (Wildman–Crippen LogP) is 2.88. The van der Waals surface area contributed by atoms with Crippen LogP contribution in [-0.2, 0) is 27.3 Å². The van der Waals surface area contributed by atoms with Crippen LogP contribution >= 0.6 is 0 Å². The molecule has 3 rings (SSSR count). The van der Waals surface area contributed by atoms with Crippen LogP contribution in [-0.4, -0.2) is 30.1 Å². The van der Waals surface area contributed by atoms with Gasteiger partial charge in [0.25, 0.3) is 0 Å². The molecule has 1 saturated heterocycles. The molecular formula is C20H21NO4. The fourth-order valence-electron chi connectivity index (χ4n) is 2.59. The number of carbonyl (C=O) groups is 2. The molecule has 0 unspecified atom stereocenters. The van der Waals surface area contributed by atoms with Crippen molar-refractivity contribution < 1.29 is 19.1 Å². The number of ketones is 1. The van der Waals surface area contributed by atoms with Crippen LogP contribution in [0.15, 0.2) is 60.7 Å². The molecule has 1 N–H and O–H groups in total. The molecular weight excluding hydrogens is 318 g/mol. The van der Waals surface area contributed by atoms with Crippen LogP contribution in [0, 0.1) is 0 Å². The molecule has 1 heterocycles. The van der Waals surface area contributed by atoms with Gasteiger partial charge in [0, 0.05) is 0 Å². The topological polar surface area (TPSA) is 67.9 Å². The molecule has 0 saturated carbocycles. The van der Waals surface area contributed by atoms with Gasteiger partial charge >= 0.3 is 6.09 Å². The molecule has 5 nitrogen and oxygen atoms in total. The van der Waals surface area contributed by atoms with E-state index in [1.54, 1.807) is 6.92 Å². The van der Waals surface area contributed by atoms with Gasteiger partial charge in [-0.25, -0.2) is 4.79 Å². The third kappa shape index (κ3) is 4.67. The van der Waals surface area contributed by atoms with E-state index in [2.05, 4.69) is 5.32 Å². The highest BCUT2D eigenvalue weighted by atomic mass is 16.6. The van der Waals surface area contributed by atoms with Gasteiger partial charge in [-0.1, -0.05) is 60.7 Å². The minimum atomic E-state index is -0.799. The number of carbonyl (C=O) groups excluding carboxylic acids is 2. The Balaban J connectivity index is 1.62. The zero-order chi connectivity index (χ0) is 17.7. The van der Waals surface area contributed by atoms with Crippen LogP contribution in [0.4, 0.5) is 4.79 Å². The van der Waals surface area contributed by atoms with E-state index in [1.165, 1.54) is 0 Å². The Labute approximate surface area is 147 Å². The lowest BCUT2D eigenvalue weighted by Crippen LogP contribution is -2.47. The normalized spacial score (nSPS) is 19.7. The molecule has 0 spiro atoms. The molecule has 5 heteroatoms. The Bertz CT molecular complexity index is 726. The number of alkyl carbamates (subject to hydrolysis) is 1. The Morgan fingerprint density at radius 2 is 1.64 bits per heavy atom. The number of rotatable bonds is 7. The van der Waals surface area contributed by atoms with E-state index >= 15 is 0 Å². The van der Waals surface area contributed by atoms with Crippen molar-refractivity contribution in [2.45, 2.75) is 31.6 Å². The maximum absolute atomic E-state index is 12.6. The molecule has 0 aliphatic carbocycles. The van der Waals surface area contributed by atoms with E-state index in [0.717, 1.165) is 11.1 Å². The summed E-state index contributed by atoms with van der Waals surface area (Å²) in [6.45, 7) is 2.29. The second-order valence-corrected chi connectivity index (χ2v) is 6.33. The Kier molecular flexibility index (Phi) is 5.14. The van der Waals surface area contributed by atoms with Gasteiger partial charge < -0.3 is 14.8 Å². The highest BCUT2D eigenvalue weighted by molar-refractivity contribution is 5.95. The molecule has 2 aromatic rings. The van der Waals surface area contributed by atoms with Crippen molar-refractivity contribution in [3.05, 3.63) is 71.8 Å². The number of ether oxygens (including phenoxy) is 2. The second-order valence-electron chi connectivity index (χ2n) is 6.33. The lowest BCUT2D eigenvalue weighted by atomic mass is 9.95. The average Bonchev–Trinajstić information content (AvgIpc) is 3.39. The van der Waals surface area contributed by atoms with Gasteiger partial charge in [-0.3, -0.25) is 4.79 Å². The smallest absolute Gasteiger partial charge is 0.408 e. The lowest BCUT2D eigenvalue weighted by Gasteiger charge is -2.19. The first-order valence-corrected chi connectivity index (χ1v) is 8.26. The number of hydrogen-bond acceptors (Lipinski definition) is 4. The Morgan fingerprint density at radius 3 is 2.20 bits per heavy atom. The van der Waals surface area contributed by atoms with E-state index in [0.29, 0.717) is 13.0 Å². The molecule has 1 aliphatic heterocycles. The molecule has 1 fully saturated rings. The van der Waals surface area contributed by atoms with E-state index in [1.807, 2.05) is 60.7 Å². The molecule has 0 aromatic heterocycles. The summed E-state index contributed by atoms with van der Waals surface area (Å²) in [6, 6.07) is 18.3. The van der Waals surface area contributed by atoms with Gasteiger partial charge in [0.05, 0.1) is 12.6 Å². The van der Waals surface area contributed by atoms with Crippen LogP contribution < -0.4 is 5.32 Å². The summed E-state index contributed by atoms with van der Waals surface area (Å²) in [5.41, 5.74) is 1.06. The van der Waals surface area contributed by atoms with Crippen LogP contribution in [0.3, 0.4) is 0 Å². The number of hydrogen-bond donors (Lipinski definition) is 1. The maximum Gasteiger partial charge on any atom is 0.408 e. The SMILES string of the molecule is C[C@]1(C(=O)[C@H](Cc2ccccc2)NC(=O)OCc2ccccc2)CO1. The third-order valence-corrected chi connectivity index (χ3v) is 4.20. The molecule has 0 bridgehead atoms. The minimum Gasteiger partial charge on any atom is -0.445 e. The van der Waals surface area contributed by atoms with Gasteiger partial charge in [-0.05, 0) is 24.5 Å².